The average molecular weight is 333 g/mol. The topological polar surface area (TPSA) is 68.9 Å². The molecule has 134 valence electrons. The van der Waals surface area contributed by atoms with Gasteiger partial charge < -0.3 is 20.5 Å². The highest BCUT2D eigenvalue weighted by atomic mass is 16.5. The fourth-order valence-electron chi connectivity index (χ4n) is 3.23. The summed E-state index contributed by atoms with van der Waals surface area (Å²) in [4.78, 5) is 4.52. The van der Waals surface area contributed by atoms with Crippen LogP contribution in [0, 0.1) is 5.92 Å². The Bertz CT molecular complexity index is 539. The van der Waals surface area contributed by atoms with Gasteiger partial charge in [0.25, 0.3) is 0 Å². The van der Waals surface area contributed by atoms with E-state index in [0.29, 0.717) is 17.9 Å². The van der Waals surface area contributed by atoms with Gasteiger partial charge in [-0.1, -0.05) is 32.3 Å². The zero-order chi connectivity index (χ0) is 17.4. The van der Waals surface area contributed by atoms with Crippen LogP contribution in [-0.2, 0) is 6.42 Å². The molecule has 1 aliphatic carbocycles. The molecule has 2 rings (SSSR count). The van der Waals surface area contributed by atoms with Gasteiger partial charge in [0, 0.05) is 12.6 Å². The lowest BCUT2D eigenvalue weighted by Crippen LogP contribution is -2.41. The minimum absolute atomic E-state index is 0.412. The van der Waals surface area contributed by atoms with Crippen molar-refractivity contribution < 1.29 is 9.47 Å². The predicted molar refractivity (Wildman–Crippen MR) is 98.9 cm³/mol. The van der Waals surface area contributed by atoms with Gasteiger partial charge in [0.05, 0.1) is 14.2 Å². The summed E-state index contributed by atoms with van der Waals surface area (Å²) in [6, 6.07) is 6.56. The number of rotatable bonds is 7. The summed E-state index contributed by atoms with van der Waals surface area (Å²) < 4.78 is 10.6. The summed E-state index contributed by atoms with van der Waals surface area (Å²) in [5.74, 6) is 2.52. The van der Waals surface area contributed by atoms with Crippen LogP contribution in [0.1, 0.15) is 44.6 Å². The third-order valence-corrected chi connectivity index (χ3v) is 4.56. The zero-order valence-electron chi connectivity index (χ0n) is 15.2. The lowest BCUT2D eigenvalue weighted by molar-refractivity contribution is 0.354. The molecule has 0 spiro atoms. The van der Waals surface area contributed by atoms with Crippen molar-refractivity contribution in [2.45, 2.75) is 51.5 Å². The van der Waals surface area contributed by atoms with Gasteiger partial charge in [0.15, 0.2) is 17.5 Å². The van der Waals surface area contributed by atoms with Crippen LogP contribution in [0.2, 0.25) is 0 Å². The second kappa shape index (κ2) is 9.40. The Kier molecular flexibility index (Phi) is 7.22. The first-order chi connectivity index (χ1) is 11.6. The van der Waals surface area contributed by atoms with E-state index in [9.17, 15) is 0 Å². The third-order valence-electron chi connectivity index (χ3n) is 4.56. The SMILES string of the molecule is COc1ccc(CC(C)CN=C(N)NC2CCCCC2)cc1OC. The minimum Gasteiger partial charge on any atom is -0.493 e. The van der Waals surface area contributed by atoms with Gasteiger partial charge >= 0.3 is 0 Å². The Hall–Kier alpha value is -1.91. The number of nitrogens with two attached hydrogens (primary N) is 1. The number of aliphatic imine (C=N–C) groups is 1. The highest BCUT2D eigenvalue weighted by molar-refractivity contribution is 5.78. The molecular formula is C19H31N3O2. The van der Waals surface area contributed by atoms with Crippen molar-refractivity contribution in [1.29, 1.82) is 0 Å². The number of benzene rings is 1. The standard InChI is InChI=1S/C19H31N3O2/c1-14(11-15-9-10-17(23-2)18(12-15)24-3)13-21-19(20)22-16-7-5-4-6-8-16/h9-10,12,14,16H,4-8,11,13H2,1-3H3,(H3,20,21,22). The normalized spacial score (nSPS) is 17.4. The molecular weight excluding hydrogens is 302 g/mol. The van der Waals surface area contributed by atoms with Gasteiger partial charge in [-0.3, -0.25) is 4.99 Å². The second-order valence-corrected chi connectivity index (χ2v) is 6.70. The van der Waals surface area contributed by atoms with Gasteiger partial charge in [-0.15, -0.1) is 0 Å². The summed E-state index contributed by atoms with van der Waals surface area (Å²) >= 11 is 0. The van der Waals surface area contributed by atoms with Crippen molar-refractivity contribution in [1.82, 2.24) is 5.32 Å². The Morgan fingerprint density at radius 2 is 1.92 bits per heavy atom. The van der Waals surface area contributed by atoms with E-state index in [1.165, 1.54) is 37.7 Å². The summed E-state index contributed by atoms with van der Waals surface area (Å²) in [5, 5.41) is 3.36. The molecule has 5 nitrogen and oxygen atoms in total. The number of nitrogens with zero attached hydrogens (tertiary/aromatic N) is 1. The molecule has 1 aliphatic rings. The van der Waals surface area contributed by atoms with Crippen LogP contribution in [0.4, 0.5) is 0 Å². The molecule has 1 aromatic carbocycles. The molecule has 0 aliphatic heterocycles. The maximum Gasteiger partial charge on any atom is 0.188 e. The Labute approximate surface area is 145 Å². The molecule has 0 saturated heterocycles. The highest BCUT2D eigenvalue weighted by Gasteiger charge is 2.13. The summed E-state index contributed by atoms with van der Waals surface area (Å²) in [5.41, 5.74) is 7.25. The number of hydrogen-bond acceptors (Lipinski definition) is 3. The highest BCUT2D eigenvalue weighted by Crippen LogP contribution is 2.28. The van der Waals surface area contributed by atoms with E-state index in [1.807, 2.05) is 12.1 Å². The van der Waals surface area contributed by atoms with Crippen molar-refractivity contribution in [2.75, 3.05) is 20.8 Å². The van der Waals surface area contributed by atoms with E-state index in [2.05, 4.69) is 23.3 Å². The molecule has 1 aromatic rings. The predicted octanol–water partition coefficient (Wildman–Crippen LogP) is 3.12. The molecule has 0 radical (unpaired) electrons. The van der Waals surface area contributed by atoms with Crippen molar-refractivity contribution in [2.24, 2.45) is 16.6 Å². The van der Waals surface area contributed by atoms with Crippen LogP contribution >= 0.6 is 0 Å². The number of ether oxygens (including phenoxy) is 2. The van der Waals surface area contributed by atoms with Crippen LogP contribution in [0.25, 0.3) is 0 Å². The Balaban J connectivity index is 1.83. The van der Waals surface area contributed by atoms with Gasteiger partial charge in [-0.25, -0.2) is 0 Å². The minimum atomic E-state index is 0.412. The monoisotopic (exact) mass is 333 g/mol. The number of guanidine groups is 1. The Morgan fingerprint density at radius 3 is 2.58 bits per heavy atom. The van der Waals surface area contributed by atoms with E-state index in [0.717, 1.165) is 24.5 Å². The molecule has 24 heavy (non-hydrogen) atoms. The molecule has 1 fully saturated rings. The molecule has 0 heterocycles. The van der Waals surface area contributed by atoms with Crippen LogP contribution in [0.5, 0.6) is 11.5 Å². The van der Waals surface area contributed by atoms with Crippen LogP contribution in [0.15, 0.2) is 23.2 Å². The Morgan fingerprint density at radius 1 is 1.21 bits per heavy atom. The van der Waals surface area contributed by atoms with Crippen molar-refractivity contribution in [3.8, 4) is 11.5 Å². The molecule has 5 heteroatoms. The molecule has 0 aromatic heterocycles. The average Bonchev–Trinajstić information content (AvgIpc) is 2.60. The van der Waals surface area contributed by atoms with Crippen molar-refractivity contribution >= 4 is 5.96 Å². The van der Waals surface area contributed by atoms with Gasteiger partial charge in [-0.2, -0.15) is 0 Å². The third kappa shape index (κ3) is 5.62. The van der Waals surface area contributed by atoms with Crippen LogP contribution in [0.3, 0.4) is 0 Å². The van der Waals surface area contributed by atoms with Crippen LogP contribution < -0.4 is 20.5 Å². The molecule has 0 amide bonds. The molecule has 1 saturated carbocycles. The molecule has 1 atom stereocenters. The van der Waals surface area contributed by atoms with E-state index in [1.54, 1.807) is 14.2 Å². The quantitative estimate of drug-likeness (QED) is 0.594. The van der Waals surface area contributed by atoms with Gasteiger partial charge in [0.1, 0.15) is 0 Å². The van der Waals surface area contributed by atoms with E-state index in [4.69, 9.17) is 15.2 Å². The molecule has 3 N–H and O–H groups in total. The largest absolute Gasteiger partial charge is 0.493 e. The maximum atomic E-state index is 6.03. The number of methoxy groups -OCH3 is 2. The first kappa shape index (κ1) is 18.4. The summed E-state index contributed by atoms with van der Waals surface area (Å²) in [6.07, 6.45) is 7.27. The lowest BCUT2D eigenvalue weighted by atomic mass is 9.96. The summed E-state index contributed by atoms with van der Waals surface area (Å²) in [7, 11) is 3.31. The lowest BCUT2D eigenvalue weighted by Gasteiger charge is -2.23. The first-order valence-corrected chi connectivity index (χ1v) is 8.89. The van der Waals surface area contributed by atoms with Gasteiger partial charge in [0.2, 0.25) is 0 Å². The fourth-order valence-corrected chi connectivity index (χ4v) is 3.23. The van der Waals surface area contributed by atoms with E-state index < -0.39 is 0 Å². The smallest absolute Gasteiger partial charge is 0.188 e. The van der Waals surface area contributed by atoms with Crippen molar-refractivity contribution in [3.63, 3.8) is 0 Å². The maximum absolute atomic E-state index is 6.03. The first-order valence-electron chi connectivity index (χ1n) is 8.89. The van der Waals surface area contributed by atoms with E-state index in [-0.39, 0.29) is 0 Å². The van der Waals surface area contributed by atoms with Crippen molar-refractivity contribution in [3.05, 3.63) is 23.8 Å². The zero-order valence-corrected chi connectivity index (χ0v) is 15.2. The number of hydrogen-bond donors (Lipinski definition) is 2. The second-order valence-electron chi connectivity index (χ2n) is 6.70. The van der Waals surface area contributed by atoms with Crippen LogP contribution in [-0.4, -0.2) is 32.8 Å². The van der Waals surface area contributed by atoms with Gasteiger partial charge in [-0.05, 0) is 42.9 Å². The molecule has 0 bridgehead atoms. The molecule has 1 unspecified atom stereocenters. The van der Waals surface area contributed by atoms with E-state index >= 15 is 0 Å². The number of nitrogens with one attached hydrogen (secondary N) is 1. The summed E-state index contributed by atoms with van der Waals surface area (Å²) in [6.45, 7) is 2.91. The fraction of sp³-hybridized carbons (Fsp3) is 0.632.